The average Bonchev–Trinajstić information content (AvgIpc) is 3.75. The maximum absolute atomic E-state index is 5.15. The zero-order chi connectivity index (χ0) is 36.5. The van der Waals surface area contributed by atoms with E-state index < -0.39 is 0 Å². The van der Waals surface area contributed by atoms with Gasteiger partial charge in [0.2, 0.25) is 0 Å². The highest BCUT2D eigenvalue weighted by atomic mass is 15.0. The number of aryl methyl sites for hydroxylation is 1. The van der Waals surface area contributed by atoms with Crippen LogP contribution in [0, 0.1) is 6.92 Å². The summed E-state index contributed by atoms with van der Waals surface area (Å²) in [6.07, 6.45) is 0. The molecule has 0 N–H and O–H groups in total. The number of para-hydroxylation sites is 5. The van der Waals surface area contributed by atoms with E-state index in [0.717, 1.165) is 39.2 Å². The van der Waals surface area contributed by atoms with Gasteiger partial charge in [-0.1, -0.05) is 115 Å². The summed E-state index contributed by atoms with van der Waals surface area (Å²) >= 11 is 0. The van der Waals surface area contributed by atoms with Gasteiger partial charge in [0.25, 0.3) is 0 Å². The van der Waals surface area contributed by atoms with Crippen LogP contribution in [0.25, 0.3) is 99.7 Å². The molecule has 0 aliphatic rings. The van der Waals surface area contributed by atoms with Gasteiger partial charge in [0.1, 0.15) is 0 Å². The lowest BCUT2D eigenvalue weighted by atomic mass is 9.96. The van der Waals surface area contributed by atoms with Crippen LogP contribution in [0.15, 0.2) is 188 Å². The molecule has 0 aliphatic carbocycles. The van der Waals surface area contributed by atoms with Crippen LogP contribution in [-0.2, 0) is 0 Å². The smallest absolute Gasteiger partial charge is 0.0973 e. The fourth-order valence-corrected chi connectivity index (χ4v) is 8.47. The number of hydrogen-bond acceptors (Lipinski definition) is 2. The topological polar surface area (TPSA) is 35.6 Å². The minimum absolute atomic E-state index is 0.878. The number of hydrogen-bond donors (Lipinski definition) is 0. The molecule has 0 saturated heterocycles. The van der Waals surface area contributed by atoms with Crippen LogP contribution in [0.4, 0.5) is 0 Å². The monoisotopic (exact) mass is 702 g/mol. The van der Waals surface area contributed by atoms with Crippen LogP contribution in [0.3, 0.4) is 0 Å². The van der Waals surface area contributed by atoms with E-state index in [4.69, 9.17) is 9.97 Å². The van der Waals surface area contributed by atoms with Crippen molar-refractivity contribution in [3.63, 3.8) is 0 Å². The van der Waals surface area contributed by atoms with Crippen LogP contribution < -0.4 is 0 Å². The van der Waals surface area contributed by atoms with Crippen LogP contribution in [0.5, 0.6) is 0 Å². The molecule has 11 rings (SSSR count). The molecule has 0 spiro atoms. The van der Waals surface area contributed by atoms with E-state index in [-0.39, 0.29) is 0 Å². The molecule has 3 heterocycles. The van der Waals surface area contributed by atoms with E-state index >= 15 is 0 Å². The number of aromatic nitrogens is 4. The summed E-state index contributed by atoms with van der Waals surface area (Å²) in [5, 5.41) is 4.98. The van der Waals surface area contributed by atoms with Gasteiger partial charge in [-0.2, -0.15) is 0 Å². The molecule has 4 heteroatoms. The van der Waals surface area contributed by atoms with Gasteiger partial charge in [0.15, 0.2) is 0 Å². The molecule has 4 nitrogen and oxygen atoms in total. The van der Waals surface area contributed by atoms with Gasteiger partial charge in [0.05, 0.1) is 44.5 Å². The Labute approximate surface area is 318 Å². The molecule has 0 unspecified atom stereocenters. The summed E-state index contributed by atoms with van der Waals surface area (Å²) in [5.74, 6) is 0. The first-order valence-electron chi connectivity index (χ1n) is 18.8. The van der Waals surface area contributed by atoms with Crippen molar-refractivity contribution in [2.45, 2.75) is 6.92 Å². The molecule has 55 heavy (non-hydrogen) atoms. The third kappa shape index (κ3) is 4.99. The van der Waals surface area contributed by atoms with Gasteiger partial charge in [-0.15, -0.1) is 0 Å². The lowest BCUT2D eigenvalue weighted by Gasteiger charge is -2.13. The molecule has 258 valence electrons. The Kier molecular flexibility index (Phi) is 7.04. The molecule has 0 aliphatic heterocycles. The van der Waals surface area contributed by atoms with Crippen molar-refractivity contribution in [3.05, 3.63) is 194 Å². The summed E-state index contributed by atoms with van der Waals surface area (Å²) in [4.78, 5) is 10.2. The van der Waals surface area contributed by atoms with E-state index in [0.29, 0.717) is 0 Å². The standard InChI is InChI=1S/C51H34N4/c1-33-30-49-43(32-41(33)36-26-29-48-42(31-36)39-18-8-12-22-46(39)54(48)37-16-6-3-7-17-37)40-19-9-13-23-47(40)55(49)38-27-24-35(25-28-38)51-50(34-14-4-2-5-15-34)52-44-20-10-11-21-45(44)53-51/h2-32H,1H3. The van der Waals surface area contributed by atoms with Crippen LogP contribution >= 0.6 is 0 Å². The lowest BCUT2D eigenvalue weighted by molar-refractivity contribution is 1.18. The number of fused-ring (bicyclic) bond motifs is 7. The first-order chi connectivity index (χ1) is 27.2. The van der Waals surface area contributed by atoms with E-state index in [9.17, 15) is 0 Å². The van der Waals surface area contributed by atoms with Gasteiger partial charge < -0.3 is 9.13 Å². The third-order valence-electron chi connectivity index (χ3n) is 11.0. The normalized spacial score (nSPS) is 11.7. The SMILES string of the molecule is Cc1cc2c(cc1-c1ccc3c(c1)c1ccccc1n3-c1ccccc1)c1ccccc1n2-c1ccc(-c2nc3ccccc3nc2-c2ccccc2)cc1. The molecular formula is C51H34N4. The molecule has 3 aromatic heterocycles. The van der Waals surface area contributed by atoms with Crippen molar-refractivity contribution in [2.75, 3.05) is 0 Å². The molecule has 0 fully saturated rings. The van der Waals surface area contributed by atoms with Gasteiger partial charge in [-0.05, 0) is 96.4 Å². The summed E-state index contributed by atoms with van der Waals surface area (Å²) in [6, 6.07) is 67.1. The van der Waals surface area contributed by atoms with E-state index in [1.54, 1.807) is 0 Å². The van der Waals surface area contributed by atoms with E-state index in [2.05, 4.69) is 174 Å². The third-order valence-corrected chi connectivity index (χ3v) is 11.0. The lowest BCUT2D eigenvalue weighted by Crippen LogP contribution is -1.97. The Balaban J connectivity index is 1.05. The molecule has 0 radical (unpaired) electrons. The van der Waals surface area contributed by atoms with Crippen molar-refractivity contribution in [1.82, 2.24) is 19.1 Å². The summed E-state index contributed by atoms with van der Waals surface area (Å²) < 4.78 is 4.77. The van der Waals surface area contributed by atoms with Gasteiger partial charge in [-0.3, -0.25) is 0 Å². The Hall–Kier alpha value is -7.30. The molecule has 0 amide bonds. The average molecular weight is 703 g/mol. The van der Waals surface area contributed by atoms with Gasteiger partial charge >= 0.3 is 0 Å². The van der Waals surface area contributed by atoms with Crippen LogP contribution in [0.2, 0.25) is 0 Å². The van der Waals surface area contributed by atoms with Crippen molar-refractivity contribution in [3.8, 4) is 45.0 Å². The first kappa shape index (κ1) is 31.2. The first-order valence-corrected chi connectivity index (χ1v) is 18.8. The van der Waals surface area contributed by atoms with Crippen molar-refractivity contribution in [2.24, 2.45) is 0 Å². The van der Waals surface area contributed by atoms with Crippen molar-refractivity contribution in [1.29, 1.82) is 0 Å². The molecule has 0 saturated carbocycles. The Morgan fingerprint density at radius 1 is 0.345 bits per heavy atom. The number of rotatable bonds is 5. The number of nitrogens with zero attached hydrogens (tertiary/aromatic N) is 4. The van der Waals surface area contributed by atoms with E-state index in [1.807, 2.05) is 30.3 Å². The highest BCUT2D eigenvalue weighted by Crippen LogP contribution is 2.40. The highest BCUT2D eigenvalue weighted by molar-refractivity contribution is 6.13. The fourth-order valence-electron chi connectivity index (χ4n) is 8.47. The fraction of sp³-hybridized carbons (Fsp3) is 0.0196. The second-order valence-corrected chi connectivity index (χ2v) is 14.3. The van der Waals surface area contributed by atoms with E-state index in [1.165, 1.54) is 66.0 Å². The zero-order valence-corrected chi connectivity index (χ0v) is 30.2. The maximum atomic E-state index is 5.15. The minimum atomic E-state index is 0.878. The van der Waals surface area contributed by atoms with Crippen LogP contribution in [0.1, 0.15) is 5.56 Å². The van der Waals surface area contributed by atoms with Crippen molar-refractivity contribution < 1.29 is 0 Å². The summed E-state index contributed by atoms with van der Waals surface area (Å²) in [6.45, 7) is 2.24. The number of benzene rings is 8. The maximum Gasteiger partial charge on any atom is 0.0973 e. The molecule has 8 aromatic carbocycles. The zero-order valence-electron chi connectivity index (χ0n) is 30.2. The second-order valence-electron chi connectivity index (χ2n) is 14.3. The molecule has 11 aromatic rings. The second kappa shape index (κ2) is 12.4. The van der Waals surface area contributed by atoms with Crippen LogP contribution in [-0.4, -0.2) is 19.1 Å². The quantitative estimate of drug-likeness (QED) is 0.179. The Bertz CT molecular complexity index is 3250. The molecule has 0 atom stereocenters. The van der Waals surface area contributed by atoms with Gasteiger partial charge in [0, 0.05) is 44.0 Å². The predicted octanol–water partition coefficient (Wildman–Crippen LogP) is 13.1. The van der Waals surface area contributed by atoms with Crippen molar-refractivity contribution >= 4 is 54.6 Å². The summed E-state index contributed by atoms with van der Waals surface area (Å²) in [7, 11) is 0. The highest BCUT2D eigenvalue weighted by Gasteiger charge is 2.19. The summed E-state index contributed by atoms with van der Waals surface area (Å²) in [5.41, 5.74) is 16.4. The largest absolute Gasteiger partial charge is 0.309 e. The minimum Gasteiger partial charge on any atom is -0.309 e. The Morgan fingerprint density at radius 2 is 0.818 bits per heavy atom. The Morgan fingerprint density at radius 3 is 1.47 bits per heavy atom. The predicted molar refractivity (Wildman–Crippen MR) is 229 cm³/mol. The molecular weight excluding hydrogens is 669 g/mol. The molecule has 0 bridgehead atoms. The van der Waals surface area contributed by atoms with Gasteiger partial charge in [-0.25, -0.2) is 9.97 Å².